The maximum absolute atomic E-state index is 12.0. The number of amides is 1. The van der Waals surface area contributed by atoms with E-state index in [1.165, 1.54) is 38.3 Å². The quantitative estimate of drug-likeness (QED) is 0.797. The number of esters is 1. The van der Waals surface area contributed by atoms with E-state index in [1.54, 1.807) is 19.1 Å². The van der Waals surface area contributed by atoms with E-state index in [1.807, 2.05) is 0 Å². The zero-order chi connectivity index (χ0) is 16.7. The number of pyridine rings is 1. The first-order valence-corrected chi connectivity index (χ1v) is 8.54. The van der Waals surface area contributed by atoms with Crippen molar-refractivity contribution in [3.63, 3.8) is 0 Å². The summed E-state index contributed by atoms with van der Waals surface area (Å²) in [6.07, 6.45) is 8.05. The van der Waals surface area contributed by atoms with E-state index in [2.05, 4.69) is 10.3 Å². The summed E-state index contributed by atoms with van der Waals surface area (Å²) < 4.78 is 5.19. The van der Waals surface area contributed by atoms with Gasteiger partial charge in [0, 0.05) is 12.6 Å². The fraction of sp³-hybridized carbons (Fsp3) is 0.588. The molecule has 0 radical (unpaired) electrons. The molecule has 0 aromatic carbocycles. The molecule has 1 heterocycles. The highest BCUT2D eigenvalue weighted by molar-refractivity contribution is 6.30. The van der Waals surface area contributed by atoms with E-state index in [0.29, 0.717) is 23.2 Å². The minimum Gasteiger partial charge on any atom is -0.453 e. The van der Waals surface area contributed by atoms with Crippen molar-refractivity contribution in [2.75, 3.05) is 5.32 Å². The molecule has 0 spiro atoms. The Bertz CT molecular complexity index is 527. The molecule has 5 nitrogen and oxygen atoms in total. The smallest absolute Gasteiger partial charge is 0.306 e. The summed E-state index contributed by atoms with van der Waals surface area (Å²) in [5, 5.41) is 3.08. The second-order valence-corrected chi connectivity index (χ2v) is 6.46. The topological polar surface area (TPSA) is 68.3 Å². The molecule has 1 N–H and O–H groups in total. The number of ether oxygens (including phenoxy) is 1. The van der Waals surface area contributed by atoms with Gasteiger partial charge in [0.15, 0.2) is 6.10 Å². The number of rotatable bonds is 6. The van der Waals surface area contributed by atoms with E-state index in [0.717, 1.165) is 6.42 Å². The van der Waals surface area contributed by atoms with Gasteiger partial charge < -0.3 is 10.1 Å². The number of carbonyl (C=O) groups excluding carboxylic acids is 2. The molecular weight excluding hydrogens is 316 g/mol. The van der Waals surface area contributed by atoms with Crippen LogP contribution >= 0.6 is 11.6 Å². The highest BCUT2D eigenvalue weighted by Crippen LogP contribution is 2.27. The molecule has 1 aromatic rings. The lowest BCUT2D eigenvalue weighted by molar-refractivity contribution is -0.153. The van der Waals surface area contributed by atoms with Crippen LogP contribution in [-0.4, -0.2) is 23.0 Å². The number of hydrogen-bond acceptors (Lipinski definition) is 4. The van der Waals surface area contributed by atoms with Gasteiger partial charge in [-0.15, -0.1) is 0 Å². The Morgan fingerprint density at radius 3 is 2.74 bits per heavy atom. The molecule has 1 saturated carbocycles. The number of anilines is 1. The van der Waals surface area contributed by atoms with E-state index < -0.39 is 12.0 Å². The third kappa shape index (κ3) is 6.18. The predicted molar refractivity (Wildman–Crippen MR) is 89.2 cm³/mol. The normalized spacial score (nSPS) is 16.6. The number of hydrogen-bond donors (Lipinski definition) is 1. The van der Waals surface area contributed by atoms with Crippen LogP contribution in [-0.2, 0) is 14.3 Å². The second-order valence-electron chi connectivity index (χ2n) is 6.03. The van der Waals surface area contributed by atoms with Crippen LogP contribution in [0, 0.1) is 5.92 Å². The molecule has 0 aliphatic heterocycles. The summed E-state index contributed by atoms with van der Waals surface area (Å²) in [6, 6.07) is 3.23. The lowest BCUT2D eigenvalue weighted by atomic mass is 9.86. The summed E-state index contributed by atoms with van der Waals surface area (Å²) in [7, 11) is 0. The zero-order valence-electron chi connectivity index (χ0n) is 13.4. The van der Waals surface area contributed by atoms with Gasteiger partial charge in [-0.05, 0) is 31.4 Å². The Labute approximate surface area is 141 Å². The van der Waals surface area contributed by atoms with Crippen LogP contribution in [0.2, 0.25) is 5.02 Å². The molecule has 1 unspecified atom stereocenters. The fourth-order valence-corrected chi connectivity index (χ4v) is 2.90. The van der Waals surface area contributed by atoms with E-state index in [-0.39, 0.29) is 5.97 Å². The average molecular weight is 339 g/mol. The van der Waals surface area contributed by atoms with Gasteiger partial charge in [0.25, 0.3) is 5.91 Å². The number of halogens is 1. The van der Waals surface area contributed by atoms with Crippen molar-refractivity contribution < 1.29 is 14.3 Å². The van der Waals surface area contributed by atoms with Gasteiger partial charge in [-0.2, -0.15) is 0 Å². The monoisotopic (exact) mass is 338 g/mol. The molecular formula is C17H23ClN2O3. The third-order valence-electron chi connectivity index (χ3n) is 4.14. The molecule has 1 aliphatic rings. The molecule has 1 aliphatic carbocycles. The highest BCUT2D eigenvalue weighted by Gasteiger charge is 2.20. The average Bonchev–Trinajstić information content (AvgIpc) is 2.56. The molecule has 126 valence electrons. The summed E-state index contributed by atoms with van der Waals surface area (Å²) in [5.74, 6) is 0.288. The molecule has 1 aromatic heterocycles. The van der Waals surface area contributed by atoms with Crippen molar-refractivity contribution in [3.05, 3.63) is 23.4 Å². The van der Waals surface area contributed by atoms with E-state index in [4.69, 9.17) is 16.3 Å². The number of nitrogens with one attached hydrogen (secondary N) is 1. The maximum Gasteiger partial charge on any atom is 0.306 e. The van der Waals surface area contributed by atoms with Crippen LogP contribution < -0.4 is 5.32 Å². The molecule has 1 fully saturated rings. The Morgan fingerprint density at radius 1 is 1.35 bits per heavy atom. The molecule has 0 bridgehead atoms. The van der Waals surface area contributed by atoms with E-state index >= 15 is 0 Å². The first-order chi connectivity index (χ1) is 11.0. The van der Waals surface area contributed by atoms with E-state index in [9.17, 15) is 9.59 Å². The van der Waals surface area contributed by atoms with Gasteiger partial charge >= 0.3 is 5.97 Å². The predicted octanol–water partition coefficient (Wildman–Crippen LogP) is 3.97. The fourth-order valence-electron chi connectivity index (χ4n) is 2.79. The molecule has 0 saturated heterocycles. The Hall–Kier alpha value is -1.62. The first kappa shape index (κ1) is 17.7. The standard InChI is InChI=1S/C17H23ClN2O3/c1-12(17(22)20-15-9-8-14(18)11-19-15)23-16(21)10-7-13-5-3-2-4-6-13/h8-9,11-13H,2-7,10H2,1H3,(H,19,20,22). The maximum atomic E-state index is 12.0. The van der Waals surface area contributed by atoms with Crippen molar-refractivity contribution in [2.24, 2.45) is 5.92 Å². The summed E-state index contributed by atoms with van der Waals surface area (Å²) in [6.45, 7) is 1.56. The third-order valence-corrected chi connectivity index (χ3v) is 4.36. The largest absolute Gasteiger partial charge is 0.453 e. The lowest BCUT2D eigenvalue weighted by Crippen LogP contribution is -2.30. The Kier molecular flexibility index (Phi) is 6.84. The van der Waals surface area contributed by atoms with Crippen molar-refractivity contribution in [1.82, 2.24) is 4.98 Å². The highest BCUT2D eigenvalue weighted by atomic mass is 35.5. The van der Waals surface area contributed by atoms with Crippen LogP contribution in [0.25, 0.3) is 0 Å². The molecule has 1 atom stereocenters. The summed E-state index contributed by atoms with van der Waals surface area (Å²) >= 11 is 5.73. The van der Waals surface area contributed by atoms with Gasteiger partial charge in [-0.3, -0.25) is 9.59 Å². The number of aromatic nitrogens is 1. The Balaban J connectivity index is 1.71. The molecule has 1 amide bonds. The van der Waals surface area contributed by atoms with Crippen molar-refractivity contribution in [1.29, 1.82) is 0 Å². The van der Waals surface area contributed by atoms with Crippen LogP contribution in [0.1, 0.15) is 51.9 Å². The van der Waals surface area contributed by atoms with Gasteiger partial charge in [0.1, 0.15) is 5.82 Å². The Morgan fingerprint density at radius 2 is 2.09 bits per heavy atom. The number of carbonyl (C=O) groups is 2. The SMILES string of the molecule is CC(OC(=O)CCC1CCCCC1)C(=O)Nc1ccc(Cl)cn1. The van der Waals surface area contributed by atoms with Gasteiger partial charge in [-0.25, -0.2) is 4.98 Å². The van der Waals surface area contributed by atoms with Crippen LogP contribution in [0.4, 0.5) is 5.82 Å². The second kappa shape index (κ2) is 8.87. The van der Waals surface area contributed by atoms with Crippen molar-refractivity contribution in [2.45, 2.75) is 58.0 Å². The van der Waals surface area contributed by atoms with Crippen molar-refractivity contribution >= 4 is 29.3 Å². The minimum atomic E-state index is -0.841. The zero-order valence-corrected chi connectivity index (χ0v) is 14.1. The summed E-state index contributed by atoms with van der Waals surface area (Å²) in [5.41, 5.74) is 0. The number of nitrogens with zero attached hydrogens (tertiary/aromatic N) is 1. The van der Waals surface area contributed by atoms with Crippen LogP contribution in [0.3, 0.4) is 0 Å². The first-order valence-electron chi connectivity index (χ1n) is 8.16. The van der Waals surface area contributed by atoms with Gasteiger partial charge in [-0.1, -0.05) is 43.7 Å². The van der Waals surface area contributed by atoms with Gasteiger partial charge in [0.05, 0.1) is 5.02 Å². The molecule has 23 heavy (non-hydrogen) atoms. The lowest BCUT2D eigenvalue weighted by Gasteiger charge is -2.21. The minimum absolute atomic E-state index is 0.317. The summed E-state index contributed by atoms with van der Waals surface area (Å²) in [4.78, 5) is 27.8. The van der Waals surface area contributed by atoms with Crippen LogP contribution in [0.5, 0.6) is 0 Å². The van der Waals surface area contributed by atoms with Gasteiger partial charge in [0.2, 0.25) is 0 Å². The van der Waals surface area contributed by atoms with Crippen molar-refractivity contribution in [3.8, 4) is 0 Å². The molecule has 6 heteroatoms. The molecule has 2 rings (SSSR count). The van der Waals surface area contributed by atoms with Crippen LogP contribution in [0.15, 0.2) is 18.3 Å².